The van der Waals surface area contributed by atoms with E-state index in [0.29, 0.717) is 0 Å². The number of likely N-dealkylation sites (N-methyl/N-ethyl adjacent to an activating group) is 1. The van der Waals surface area contributed by atoms with Crippen molar-refractivity contribution < 1.29 is 14.0 Å². The predicted octanol–water partition coefficient (Wildman–Crippen LogP) is 2.13. The summed E-state index contributed by atoms with van der Waals surface area (Å²) < 4.78 is 18.0. The lowest BCUT2D eigenvalue weighted by molar-refractivity contribution is 0.00578. The van der Waals surface area contributed by atoms with Gasteiger partial charge in [-0.1, -0.05) is 19.1 Å². The number of hydrogen-bond donors (Lipinski definition) is 0. The highest BCUT2D eigenvalue weighted by Gasteiger charge is 2.51. The van der Waals surface area contributed by atoms with Crippen LogP contribution in [0.2, 0.25) is 0 Å². The van der Waals surface area contributed by atoms with Gasteiger partial charge in [-0.05, 0) is 45.8 Å². The van der Waals surface area contributed by atoms with E-state index in [2.05, 4.69) is 56.6 Å². The molecule has 0 aromatic heterocycles. The summed E-state index contributed by atoms with van der Waals surface area (Å²) in [7, 11) is 1.41. The van der Waals surface area contributed by atoms with E-state index in [-0.39, 0.29) is 18.3 Å². The zero-order valence-corrected chi connectivity index (χ0v) is 17.2. The maximum absolute atomic E-state index is 6.21. The van der Waals surface area contributed by atoms with Gasteiger partial charge in [-0.15, -0.1) is 0 Å². The zero-order valence-electron chi connectivity index (χ0n) is 17.2. The SMILES string of the molecule is CCN1CCN(Cc2cc(B3OC(C)(C)C(C)(C)O3)ccc2OC)CC1. The van der Waals surface area contributed by atoms with E-state index in [1.807, 2.05) is 6.07 Å². The fourth-order valence-corrected chi connectivity index (χ4v) is 3.55. The number of nitrogens with zero attached hydrogens (tertiary/aromatic N) is 2. The molecule has 0 spiro atoms. The lowest BCUT2D eigenvalue weighted by atomic mass is 9.78. The van der Waals surface area contributed by atoms with Gasteiger partial charge in [-0.25, -0.2) is 0 Å². The summed E-state index contributed by atoms with van der Waals surface area (Å²) in [6.07, 6.45) is 0. The Morgan fingerprint density at radius 3 is 2.12 bits per heavy atom. The fourth-order valence-electron chi connectivity index (χ4n) is 3.55. The van der Waals surface area contributed by atoms with Crippen LogP contribution in [-0.2, 0) is 15.9 Å². The first-order valence-corrected chi connectivity index (χ1v) is 9.73. The summed E-state index contributed by atoms with van der Waals surface area (Å²) in [6.45, 7) is 17.1. The Morgan fingerprint density at radius 2 is 1.58 bits per heavy atom. The lowest BCUT2D eigenvalue weighted by Crippen LogP contribution is -2.45. The van der Waals surface area contributed by atoms with E-state index >= 15 is 0 Å². The number of benzene rings is 1. The van der Waals surface area contributed by atoms with Crippen molar-refractivity contribution in [3.05, 3.63) is 23.8 Å². The van der Waals surface area contributed by atoms with Crippen LogP contribution in [0.1, 0.15) is 40.2 Å². The third kappa shape index (κ3) is 3.93. The lowest BCUT2D eigenvalue weighted by Gasteiger charge is -2.34. The van der Waals surface area contributed by atoms with Crippen LogP contribution < -0.4 is 10.2 Å². The first-order valence-electron chi connectivity index (χ1n) is 9.73. The summed E-state index contributed by atoms with van der Waals surface area (Å²) >= 11 is 0. The van der Waals surface area contributed by atoms with Crippen molar-refractivity contribution in [3.8, 4) is 5.75 Å². The van der Waals surface area contributed by atoms with Crippen molar-refractivity contribution in [1.29, 1.82) is 0 Å². The van der Waals surface area contributed by atoms with E-state index in [1.165, 1.54) is 5.56 Å². The highest BCUT2D eigenvalue weighted by atomic mass is 16.7. The minimum Gasteiger partial charge on any atom is -0.496 e. The van der Waals surface area contributed by atoms with Gasteiger partial charge in [0.2, 0.25) is 0 Å². The molecule has 5 nitrogen and oxygen atoms in total. The third-order valence-electron chi connectivity index (χ3n) is 6.14. The Balaban J connectivity index is 1.75. The summed E-state index contributed by atoms with van der Waals surface area (Å²) in [4.78, 5) is 4.99. The zero-order chi connectivity index (χ0) is 18.9. The van der Waals surface area contributed by atoms with E-state index in [1.54, 1.807) is 7.11 Å². The molecular weight excluding hydrogens is 327 g/mol. The molecule has 1 aromatic rings. The molecule has 0 N–H and O–H groups in total. The van der Waals surface area contributed by atoms with Crippen molar-refractivity contribution in [1.82, 2.24) is 9.80 Å². The normalized spacial score (nSPS) is 23.4. The Bertz CT molecular complexity index is 611. The molecule has 3 rings (SSSR count). The van der Waals surface area contributed by atoms with Crippen LogP contribution in [0.15, 0.2) is 18.2 Å². The summed E-state index contributed by atoms with van der Waals surface area (Å²) in [6, 6.07) is 6.28. The van der Waals surface area contributed by atoms with Crippen molar-refractivity contribution in [3.63, 3.8) is 0 Å². The molecule has 0 amide bonds. The molecule has 0 atom stereocenters. The minimum absolute atomic E-state index is 0.325. The largest absolute Gasteiger partial charge is 0.496 e. The van der Waals surface area contributed by atoms with Gasteiger partial charge in [0.15, 0.2) is 0 Å². The first-order chi connectivity index (χ1) is 12.3. The smallest absolute Gasteiger partial charge is 0.494 e. The molecule has 2 saturated heterocycles. The molecule has 144 valence electrons. The molecule has 26 heavy (non-hydrogen) atoms. The Labute approximate surface area is 158 Å². The first kappa shape index (κ1) is 19.7. The van der Waals surface area contributed by atoms with E-state index in [9.17, 15) is 0 Å². The minimum atomic E-state index is -0.332. The Hall–Kier alpha value is -1.08. The van der Waals surface area contributed by atoms with E-state index in [4.69, 9.17) is 14.0 Å². The van der Waals surface area contributed by atoms with Crippen LogP contribution in [0.4, 0.5) is 0 Å². The van der Waals surface area contributed by atoms with Crippen molar-refractivity contribution in [2.24, 2.45) is 0 Å². The van der Waals surface area contributed by atoms with Crippen LogP contribution in [-0.4, -0.2) is 68.0 Å². The van der Waals surface area contributed by atoms with Crippen LogP contribution in [0, 0.1) is 0 Å². The van der Waals surface area contributed by atoms with Crippen molar-refractivity contribution >= 4 is 12.6 Å². The highest BCUT2D eigenvalue weighted by molar-refractivity contribution is 6.62. The van der Waals surface area contributed by atoms with Gasteiger partial charge in [0, 0.05) is 38.3 Å². The average molecular weight is 360 g/mol. The summed E-state index contributed by atoms with van der Waals surface area (Å²) in [5, 5.41) is 0. The molecule has 2 heterocycles. The highest BCUT2D eigenvalue weighted by Crippen LogP contribution is 2.36. The second kappa shape index (κ2) is 7.51. The van der Waals surface area contributed by atoms with Gasteiger partial charge >= 0.3 is 7.12 Å². The molecule has 2 aliphatic rings. The second-order valence-electron chi connectivity index (χ2n) is 8.37. The molecule has 2 fully saturated rings. The number of rotatable bonds is 5. The summed E-state index contributed by atoms with van der Waals surface area (Å²) in [5.41, 5.74) is 1.61. The molecule has 0 radical (unpaired) electrons. The number of methoxy groups -OCH3 is 1. The Kier molecular flexibility index (Phi) is 5.68. The standard InChI is InChI=1S/C20H33BN2O3/c1-7-22-10-12-23(13-11-22)15-16-14-17(8-9-18(16)24-6)21-25-19(2,3)20(4,5)26-21/h8-9,14H,7,10-13,15H2,1-6H3. The molecule has 1 aromatic carbocycles. The maximum Gasteiger partial charge on any atom is 0.494 e. The second-order valence-corrected chi connectivity index (χ2v) is 8.37. The number of hydrogen-bond acceptors (Lipinski definition) is 5. The quantitative estimate of drug-likeness (QED) is 0.752. The van der Waals surface area contributed by atoms with Gasteiger partial charge in [0.1, 0.15) is 5.75 Å². The molecule has 0 unspecified atom stereocenters. The summed E-state index contributed by atoms with van der Waals surface area (Å²) in [5.74, 6) is 0.934. The van der Waals surface area contributed by atoms with E-state index in [0.717, 1.165) is 50.5 Å². The fraction of sp³-hybridized carbons (Fsp3) is 0.700. The van der Waals surface area contributed by atoms with Gasteiger partial charge in [-0.3, -0.25) is 4.90 Å². The number of ether oxygens (including phenoxy) is 1. The predicted molar refractivity (Wildman–Crippen MR) is 106 cm³/mol. The molecule has 0 aliphatic carbocycles. The van der Waals surface area contributed by atoms with Crippen molar-refractivity contribution in [2.45, 2.75) is 52.4 Å². The molecule has 2 aliphatic heterocycles. The molecular formula is C20H33BN2O3. The molecule has 6 heteroatoms. The third-order valence-corrected chi connectivity index (χ3v) is 6.14. The Morgan fingerprint density at radius 1 is 1.00 bits per heavy atom. The van der Waals surface area contributed by atoms with Crippen LogP contribution in [0.25, 0.3) is 0 Å². The average Bonchev–Trinajstić information content (AvgIpc) is 2.83. The molecule has 0 saturated carbocycles. The van der Waals surface area contributed by atoms with E-state index < -0.39 is 0 Å². The van der Waals surface area contributed by atoms with Gasteiger partial charge in [0.25, 0.3) is 0 Å². The van der Waals surface area contributed by atoms with Gasteiger partial charge in [0.05, 0.1) is 18.3 Å². The van der Waals surface area contributed by atoms with Crippen LogP contribution >= 0.6 is 0 Å². The van der Waals surface area contributed by atoms with Gasteiger partial charge in [-0.2, -0.15) is 0 Å². The van der Waals surface area contributed by atoms with Crippen molar-refractivity contribution in [2.75, 3.05) is 39.8 Å². The van der Waals surface area contributed by atoms with Gasteiger partial charge < -0.3 is 18.9 Å². The monoisotopic (exact) mass is 360 g/mol. The maximum atomic E-state index is 6.21. The van der Waals surface area contributed by atoms with Crippen LogP contribution in [0.5, 0.6) is 5.75 Å². The topological polar surface area (TPSA) is 34.2 Å². The van der Waals surface area contributed by atoms with Crippen LogP contribution in [0.3, 0.4) is 0 Å². The molecule has 0 bridgehead atoms. The number of piperazine rings is 1.